The van der Waals surface area contributed by atoms with Crippen LogP contribution in [0.1, 0.15) is 40.9 Å². The van der Waals surface area contributed by atoms with E-state index in [0.717, 1.165) is 11.1 Å². The fourth-order valence-corrected chi connectivity index (χ4v) is 2.81. The van der Waals surface area contributed by atoms with Gasteiger partial charge in [0.05, 0.1) is 6.10 Å². The van der Waals surface area contributed by atoms with Gasteiger partial charge in [0.1, 0.15) is 6.04 Å². The molecule has 0 spiro atoms. The molecule has 0 aliphatic rings. The highest BCUT2D eigenvalue weighted by molar-refractivity contribution is 5.97. The number of hydrogen-bond donors (Lipinski definition) is 6. The van der Waals surface area contributed by atoms with E-state index in [2.05, 4.69) is 27.8 Å². The van der Waals surface area contributed by atoms with Crippen molar-refractivity contribution in [2.45, 2.75) is 32.5 Å². The first-order valence-corrected chi connectivity index (χ1v) is 10.4. The van der Waals surface area contributed by atoms with Gasteiger partial charge in [0.15, 0.2) is 0 Å². The van der Waals surface area contributed by atoms with Crippen molar-refractivity contribution in [3.8, 4) is 11.8 Å². The van der Waals surface area contributed by atoms with Crippen LogP contribution < -0.4 is 21.4 Å². The third-order valence-corrected chi connectivity index (χ3v) is 4.62. The second kappa shape index (κ2) is 13.0. The minimum atomic E-state index is -1.28. The van der Waals surface area contributed by atoms with Crippen LogP contribution in [-0.2, 0) is 16.1 Å². The van der Waals surface area contributed by atoms with E-state index in [0.29, 0.717) is 25.2 Å². The van der Waals surface area contributed by atoms with Crippen molar-refractivity contribution in [1.29, 1.82) is 0 Å². The first-order valence-electron chi connectivity index (χ1n) is 10.4. The Morgan fingerprint density at radius 2 is 1.52 bits per heavy atom. The van der Waals surface area contributed by atoms with Gasteiger partial charge < -0.3 is 21.1 Å². The van der Waals surface area contributed by atoms with Crippen LogP contribution in [-0.4, -0.2) is 53.3 Å². The van der Waals surface area contributed by atoms with Crippen molar-refractivity contribution < 1.29 is 24.7 Å². The van der Waals surface area contributed by atoms with E-state index in [-0.39, 0.29) is 11.5 Å². The number of nitrogens with one attached hydrogen (secondary N) is 4. The predicted octanol–water partition coefficient (Wildman–Crippen LogP) is 0.297. The molecule has 2 rings (SSSR count). The molecule has 0 saturated carbocycles. The average molecular weight is 453 g/mol. The van der Waals surface area contributed by atoms with Gasteiger partial charge in [0.25, 0.3) is 11.8 Å². The van der Waals surface area contributed by atoms with E-state index in [4.69, 9.17) is 5.21 Å². The zero-order valence-electron chi connectivity index (χ0n) is 18.5. The number of carbonyl (C=O) groups excluding carboxylic acids is 3. The topological polar surface area (TPSA) is 140 Å². The predicted molar refractivity (Wildman–Crippen MR) is 122 cm³/mol. The Balaban J connectivity index is 1.91. The monoisotopic (exact) mass is 452 g/mol. The molecule has 0 aliphatic heterocycles. The quantitative estimate of drug-likeness (QED) is 0.140. The Hall–Kier alpha value is -3.71. The largest absolute Gasteiger partial charge is 0.391 e. The fourth-order valence-electron chi connectivity index (χ4n) is 2.81. The van der Waals surface area contributed by atoms with Gasteiger partial charge in [-0.15, -0.1) is 0 Å². The molecule has 2 atom stereocenters. The number of hydroxylamine groups is 1. The lowest BCUT2D eigenvalue weighted by Crippen LogP contribution is -2.51. The van der Waals surface area contributed by atoms with Gasteiger partial charge in [-0.2, -0.15) is 0 Å². The van der Waals surface area contributed by atoms with Crippen molar-refractivity contribution in [2.75, 3.05) is 13.1 Å². The molecule has 33 heavy (non-hydrogen) atoms. The maximum atomic E-state index is 12.3. The molecule has 9 nitrogen and oxygen atoms in total. The average Bonchev–Trinajstić information content (AvgIpc) is 2.81. The minimum absolute atomic E-state index is 0.0466. The number of rotatable bonds is 9. The first-order chi connectivity index (χ1) is 15.8. The second-order valence-electron chi connectivity index (χ2n) is 7.35. The van der Waals surface area contributed by atoms with E-state index in [9.17, 15) is 19.5 Å². The fraction of sp³-hybridized carbons (Fsp3) is 0.292. The normalized spacial score (nSPS) is 12.0. The van der Waals surface area contributed by atoms with Crippen LogP contribution in [0.2, 0.25) is 0 Å². The van der Waals surface area contributed by atoms with Crippen LogP contribution in [0.3, 0.4) is 0 Å². The van der Waals surface area contributed by atoms with Gasteiger partial charge in [0, 0.05) is 43.2 Å². The highest BCUT2D eigenvalue weighted by atomic mass is 16.5. The summed E-state index contributed by atoms with van der Waals surface area (Å²) in [5, 5.41) is 26.7. The molecule has 0 bridgehead atoms. The van der Waals surface area contributed by atoms with E-state index in [1.807, 2.05) is 24.3 Å². The van der Waals surface area contributed by atoms with Crippen LogP contribution in [0.15, 0.2) is 48.5 Å². The summed E-state index contributed by atoms with van der Waals surface area (Å²) in [5.41, 5.74) is 4.35. The third kappa shape index (κ3) is 8.74. The number of carbonyl (C=O) groups is 3. The summed E-state index contributed by atoms with van der Waals surface area (Å²) in [5.74, 6) is 4.57. The number of amides is 3. The lowest BCUT2D eigenvalue weighted by Gasteiger charge is -2.19. The standard InChI is InChI=1S/C24H28N4O5/c1-16(29)22(24(32)28-33)27-23(31)21-11-9-19(10-12-21)4-3-18-5-7-20(8-6-18)15-25-13-14-26-17(2)30/h5-12,16,22,25,29,33H,13-15H2,1-2H3,(H,26,30)(H,27,31)(H,28,32)/t16-,22+/m1/s1. The lowest BCUT2D eigenvalue weighted by molar-refractivity contribution is -0.133. The smallest absolute Gasteiger partial charge is 0.268 e. The van der Waals surface area contributed by atoms with Crippen molar-refractivity contribution in [3.05, 3.63) is 70.8 Å². The van der Waals surface area contributed by atoms with Crippen LogP contribution >= 0.6 is 0 Å². The molecule has 0 heterocycles. The molecule has 0 aromatic heterocycles. The zero-order chi connectivity index (χ0) is 24.2. The minimum Gasteiger partial charge on any atom is -0.391 e. The van der Waals surface area contributed by atoms with Crippen molar-refractivity contribution >= 4 is 17.7 Å². The highest BCUT2D eigenvalue weighted by Crippen LogP contribution is 2.07. The summed E-state index contributed by atoms with van der Waals surface area (Å²) in [6, 6.07) is 13.0. The second-order valence-corrected chi connectivity index (χ2v) is 7.35. The van der Waals surface area contributed by atoms with Crippen LogP contribution in [0.5, 0.6) is 0 Å². The molecule has 0 unspecified atom stereocenters. The number of benzene rings is 2. The maximum absolute atomic E-state index is 12.3. The van der Waals surface area contributed by atoms with Gasteiger partial charge in [-0.25, -0.2) is 5.48 Å². The zero-order valence-corrected chi connectivity index (χ0v) is 18.5. The molecule has 9 heteroatoms. The SMILES string of the molecule is CC(=O)NCCNCc1ccc(C#Cc2ccc(C(=O)N[C@H](C(=O)NO)[C@@H](C)O)cc2)cc1. The van der Waals surface area contributed by atoms with Crippen molar-refractivity contribution in [2.24, 2.45) is 0 Å². The van der Waals surface area contributed by atoms with E-state index in [1.54, 1.807) is 24.3 Å². The maximum Gasteiger partial charge on any atom is 0.268 e. The van der Waals surface area contributed by atoms with Gasteiger partial charge in [-0.3, -0.25) is 19.6 Å². The third-order valence-electron chi connectivity index (χ3n) is 4.62. The molecular formula is C24H28N4O5. The van der Waals surface area contributed by atoms with E-state index in [1.165, 1.54) is 19.3 Å². The van der Waals surface area contributed by atoms with Gasteiger partial charge >= 0.3 is 0 Å². The molecular weight excluding hydrogens is 424 g/mol. The summed E-state index contributed by atoms with van der Waals surface area (Å²) in [4.78, 5) is 34.7. The molecule has 0 fully saturated rings. The van der Waals surface area contributed by atoms with E-state index < -0.39 is 24.0 Å². The van der Waals surface area contributed by atoms with Crippen LogP contribution in [0.25, 0.3) is 0 Å². The Bertz CT molecular complexity index is 1010. The number of hydrogen-bond acceptors (Lipinski definition) is 6. The van der Waals surface area contributed by atoms with Crippen molar-refractivity contribution in [3.63, 3.8) is 0 Å². The Morgan fingerprint density at radius 1 is 0.939 bits per heavy atom. The molecule has 3 amide bonds. The van der Waals surface area contributed by atoms with E-state index >= 15 is 0 Å². The summed E-state index contributed by atoms with van der Waals surface area (Å²) in [6.07, 6.45) is -1.18. The molecule has 0 radical (unpaired) electrons. The summed E-state index contributed by atoms with van der Waals surface area (Å²) in [7, 11) is 0. The Labute approximate surface area is 192 Å². The molecule has 6 N–H and O–H groups in total. The highest BCUT2D eigenvalue weighted by Gasteiger charge is 2.25. The van der Waals surface area contributed by atoms with Crippen molar-refractivity contribution in [1.82, 2.24) is 21.4 Å². The van der Waals surface area contributed by atoms with Gasteiger partial charge in [-0.1, -0.05) is 24.0 Å². The first kappa shape index (κ1) is 25.5. The Morgan fingerprint density at radius 3 is 2.03 bits per heavy atom. The number of aliphatic hydroxyl groups excluding tert-OH is 1. The summed E-state index contributed by atoms with van der Waals surface area (Å²) >= 11 is 0. The van der Waals surface area contributed by atoms with Gasteiger partial charge in [0.2, 0.25) is 5.91 Å². The summed E-state index contributed by atoms with van der Waals surface area (Å²) in [6.45, 7) is 4.77. The van der Waals surface area contributed by atoms with Gasteiger partial charge in [-0.05, 0) is 48.9 Å². The van der Waals surface area contributed by atoms with Crippen LogP contribution in [0.4, 0.5) is 0 Å². The number of aliphatic hydroxyl groups is 1. The molecule has 0 saturated heterocycles. The summed E-state index contributed by atoms with van der Waals surface area (Å²) < 4.78 is 0. The molecule has 2 aromatic rings. The van der Waals surface area contributed by atoms with Crippen LogP contribution in [0, 0.1) is 11.8 Å². The molecule has 0 aliphatic carbocycles. The molecule has 2 aromatic carbocycles. The Kier molecular flexibility index (Phi) is 10.0. The molecule has 174 valence electrons. The lowest BCUT2D eigenvalue weighted by atomic mass is 10.1.